The summed E-state index contributed by atoms with van der Waals surface area (Å²) in [5, 5.41) is 7.60. The lowest BCUT2D eigenvalue weighted by molar-refractivity contribution is -0.129. The molecule has 2 heterocycles. The summed E-state index contributed by atoms with van der Waals surface area (Å²) in [6.07, 6.45) is 0.576. The van der Waals surface area contributed by atoms with Crippen molar-refractivity contribution in [2.24, 2.45) is 11.8 Å². The summed E-state index contributed by atoms with van der Waals surface area (Å²) in [5.41, 5.74) is 10.1. The van der Waals surface area contributed by atoms with Crippen LogP contribution in [-0.2, 0) is 11.3 Å². The molecule has 2 aliphatic heterocycles. The van der Waals surface area contributed by atoms with Gasteiger partial charge in [-0.25, -0.2) is 10.9 Å². The number of benzene rings is 3. The van der Waals surface area contributed by atoms with Crippen LogP contribution in [-0.4, -0.2) is 19.2 Å². The molecule has 3 aromatic carbocycles. The maximum atomic E-state index is 13.6. The SMILES string of the molecule is COc1ccccc1C1CC(C(=O)NCc2ccccc2)C2C(NNC2c2ccc(Cl)cc2)N1. The fraction of sp³-hybridized carbons (Fsp3) is 0.296. The van der Waals surface area contributed by atoms with Crippen LogP contribution in [0.5, 0.6) is 5.75 Å². The van der Waals surface area contributed by atoms with Gasteiger partial charge in [0.25, 0.3) is 0 Å². The Kier molecular flexibility index (Phi) is 6.83. The number of hydrazine groups is 1. The highest BCUT2D eigenvalue weighted by Crippen LogP contribution is 2.43. The van der Waals surface area contributed by atoms with Crippen LogP contribution in [0.3, 0.4) is 0 Å². The second-order valence-corrected chi connectivity index (χ2v) is 9.32. The number of nitrogens with one attached hydrogen (secondary N) is 4. The Morgan fingerprint density at radius 2 is 1.74 bits per heavy atom. The van der Waals surface area contributed by atoms with Gasteiger partial charge in [0.15, 0.2) is 0 Å². The zero-order chi connectivity index (χ0) is 23.5. The Balaban J connectivity index is 1.43. The molecule has 5 rings (SSSR count). The lowest BCUT2D eigenvalue weighted by Crippen LogP contribution is -2.54. The van der Waals surface area contributed by atoms with Crippen LogP contribution in [0.15, 0.2) is 78.9 Å². The maximum Gasteiger partial charge on any atom is 0.223 e. The molecule has 0 aliphatic carbocycles. The van der Waals surface area contributed by atoms with Crippen LogP contribution >= 0.6 is 11.6 Å². The van der Waals surface area contributed by atoms with Gasteiger partial charge in [-0.05, 0) is 35.7 Å². The minimum absolute atomic E-state index is 0.0166. The fourth-order valence-electron chi connectivity index (χ4n) is 5.22. The Hall–Kier alpha value is -2.90. The summed E-state index contributed by atoms with van der Waals surface area (Å²) in [5.74, 6) is 0.683. The van der Waals surface area contributed by atoms with Gasteiger partial charge in [0.1, 0.15) is 5.75 Å². The average Bonchev–Trinajstić information content (AvgIpc) is 3.32. The molecule has 176 valence electrons. The van der Waals surface area contributed by atoms with Gasteiger partial charge in [-0.3, -0.25) is 10.1 Å². The Morgan fingerprint density at radius 1 is 1.00 bits per heavy atom. The van der Waals surface area contributed by atoms with Crippen molar-refractivity contribution < 1.29 is 9.53 Å². The van der Waals surface area contributed by atoms with Gasteiger partial charge in [-0.15, -0.1) is 0 Å². The number of para-hydroxylation sites is 1. The summed E-state index contributed by atoms with van der Waals surface area (Å²) in [6.45, 7) is 0.507. The zero-order valence-corrected chi connectivity index (χ0v) is 19.8. The van der Waals surface area contributed by atoms with Crippen LogP contribution in [0, 0.1) is 11.8 Å². The molecule has 5 unspecified atom stereocenters. The molecule has 34 heavy (non-hydrogen) atoms. The van der Waals surface area contributed by atoms with E-state index in [9.17, 15) is 4.79 Å². The van der Waals surface area contributed by atoms with Crippen molar-refractivity contribution in [1.29, 1.82) is 0 Å². The fourth-order valence-corrected chi connectivity index (χ4v) is 5.35. The third-order valence-electron chi connectivity index (χ3n) is 6.89. The predicted octanol–water partition coefficient (Wildman–Crippen LogP) is 4.11. The molecule has 2 saturated heterocycles. The molecule has 0 spiro atoms. The number of piperidine rings is 1. The lowest BCUT2D eigenvalue weighted by atomic mass is 9.74. The van der Waals surface area contributed by atoms with Gasteiger partial charge in [-0.1, -0.05) is 72.3 Å². The van der Waals surface area contributed by atoms with E-state index in [4.69, 9.17) is 16.3 Å². The van der Waals surface area contributed by atoms with Gasteiger partial charge in [0, 0.05) is 35.0 Å². The number of carbonyl (C=O) groups excluding carboxylic acids is 1. The molecule has 2 aliphatic rings. The van der Waals surface area contributed by atoms with Crippen LogP contribution in [0.2, 0.25) is 5.02 Å². The molecule has 0 bridgehead atoms. The quantitative estimate of drug-likeness (QED) is 0.431. The van der Waals surface area contributed by atoms with Crippen LogP contribution in [0.1, 0.15) is 35.2 Å². The van der Waals surface area contributed by atoms with E-state index in [2.05, 4.69) is 27.6 Å². The molecular formula is C27H29ClN4O2. The van der Waals surface area contributed by atoms with Crippen molar-refractivity contribution in [2.75, 3.05) is 7.11 Å². The van der Waals surface area contributed by atoms with E-state index in [1.54, 1.807) is 7.11 Å². The number of hydrogen-bond donors (Lipinski definition) is 4. The summed E-state index contributed by atoms with van der Waals surface area (Å²) in [6, 6.07) is 25.8. The minimum atomic E-state index is -0.215. The Bertz CT molecular complexity index is 1120. The normalized spacial score (nSPS) is 26.0. The molecule has 7 heteroatoms. The number of amides is 1. The molecule has 0 aromatic heterocycles. The average molecular weight is 477 g/mol. The van der Waals surface area contributed by atoms with Crippen molar-refractivity contribution in [2.45, 2.75) is 31.2 Å². The van der Waals surface area contributed by atoms with Crippen LogP contribution < -0.4 is 26.2 Å². The molecule has 4 N–H and O–H groups in total. The van der Waals surface area contributed by atoms with Crippen LogP contribution in [0.4, 0.5) is 0 Å². The lowest BCUT2D eigenvalue weighted by Gasteiger charge is -2.40. The monoisotopic (exact) mass is 476 g/mol. The summed E-state index contributed by atoms with van der Waals surface area (Å²) in [7, 11) is 1.68. The van der Waals surface area contributed by atoms with E-state index in [1.165, 1.54) is 0 Å². The molecule has 1 amide bonds. The number of halogens is 1. The smallest absolute Gasteiger partial charge is 0.223 e. The number of rotatable bonds is 6. The topological polar surface area (TPSA) is 74.4 Å². The van der Waals surface area contributed by atoms with Crippen molar-refractivity contribution in [3.05, 3.63) is 101 Å². The second-order valence-electron chi connectivity index (χ2n) is 8.88. The van der Waals surface area contributed by atoms with Crippen molar-refractivity contribution in [3.8, 4) is 5.75 Å². The number of fused-ring (bicyclic) bond motifs is 1. The standard InChI is InChI=1S/C27H29ClN4O2/c1-34-23-10-6-5-9-20(23)22-15-21(27(33)29-16-17-7-3-2-4-8-17)24-25(31-32-26(24)30-22)18-11-13-19(28)14-12-18/h2-14,21-22,24-26,30-32H,15-16H2,1H3,(H,29,33). The first-order chi connectivity index (χ1) is 16.6. The van der Waals surface area contributed by atoms with Gasteiger partial charge in [-0.2, -0.15) is 0 Å². The maximum absolute atomic E-state index is 13.6. The van der Waals surface area contributed by atoms with E-state index in [-0.39, 0.29) is 36.0 Å². The highest BCUT2D eigenvalue weighted by molar-refractivity contribution is 6.30. The number of methoxy groups -OCH3 is 1. The van der Waals surface area contributed by atoms with Crippen molar-refractivity contribution in [3.63, 3.8) is 0 Å². The number of ether oxygens (including phenoxy) is 1. The summed E-state index contributed by atoms with van der Waals surface area (Å²) < 4.78 is 5.62. The van der Waals surface area contributed by atoms with Gasteiger partial charge in [0.05, 0.1) is 19.3 Å². The largest absolute Gasteiger partial charge is 0.496 e. The third-order valence-corrected chi connectivity index (χ3v) is 7.14. The molecule has 6 nitrogen and oxygen atoms in total. The first kappa shape index (κ1) is 22.9. The van der Waals surface area contributed by atoms with Gasteiger partial charge < -0.3 is 10.1 Å². The summed E-state index contributed by atoms with van der Waals surface area (Å²) in [4.78, 5) is 13.6. The minimum Gasteiger partial charge on any atom is -0.496 e. The highest BCUT2D eigenvalue weighted by Gasteiger charge is 2.49. The summed E-state index contributed by atoms with van der Waals surface area (Å²) >= 11 is 6.13. The highest BCUT2D eigenvalue weighted by atomic mass is 35.5. The van der Waals surface area contributed by atoms with E-state index in [0.29, 0.717) is 18.0 Å². The van der Waals surface area contributed by atoms with Crippen molar-refractivity contribution >= 4 is 17.5 Å². The van der Waals surface area contributed by atoms with E-state index in [1.807, 2.05) is 72.8 Å². The van der Waals surface area contributed by atoms with E-state index >= 15 is 0 Å². The van der Waals surface area contributed by atoms with E-state index < -0.39 is 0 Å². The Labute approximate surface area is 205 Å². The Morgan fingerprint density at radius 3 is 2.50 bits per heavy atom. The van der Waals surface area contributed by atoms with Crippen LogP contribution in [0.25, 0.3) is 0 Å². The zero-order valence-electron chi connectivity index (χ0n) is 19.0. The molecule has 2 fully saturated rings. The van der Waals surface area contributed by atoms with E-state index in [0.717, 1.165) is 22.4 Å². The molecule has 0 radical (unpaired) electrons. The van der Waals surface area contributed by atoms with Gasteiger partial charge in [0.2, 0.25) is 5.91 Å². The third kappa shape index (κ3) is 4.68. The number of hydrogen-bond acceptors (Lipinski definition) is 5. The van der Waals surface area contributed by atoms with Gasteiger partial charge >= 0.3 is 0 Å². The van der Waals surface area contributed by atoms with Crippen molar-refractivity contribution in [1.82, 2.24) is 21.5 Å². The number of carbonyl (C=O) groups is 1. The predicted molar refractivity (Wildman–Crippen MR) is 133 cm³/mol. The first-order valence-corrected chi connectivity index (χ1v) is 12.0. The molecule has 0 saturated carbocycles. The molecular weight excluding hydrogens is 448 g/mol. The molecule has 5 atom stereocenters. The second kappa shape index (κ2) is 10.2. The molecule has 3 aromatic rings. The first-order valence-electron chi connectivity index (χ1n) is 11.6.